The summed E-state index contributed by atoms with van der Waals surface area (Å²) in [5.41, 5.74) is 0. The summed E-state index contributed by atoms with van der Waals surface area (Å²) in [5, 5.41) is 26.8. The number of aliphatic hydroxyl groups excluding tert-OH is 3. The van der Waals surface area contributed by atoms with Crippen molar-refractivity contribution in [1.29, 1.82) is 0 Å². The van der Waals surface area contributed by atoms with Gasteiger partial charge in [-0.05, 0) is 0 Å². The maximum atomic E-state index is 9.25. The molecule has 0 amide bonds. The third-order valence-corrected chi connectivity index (χ3v) is 5.50. The molecule has 0 unspecified atom stereocenters. The Balaban J connectivity index is 3.57. The second-order valence-electron chi connectivity index (χ2n) is 5.06. The summed E-state index contributed by atoms with van der Waals surface area (Å²) in [6, 6.07) is 0. The molecule has 0 saturated carbocycles. The molecule has 0 heterocycles. The van der Waals surface area contributed by atoms with Crippen molar-refractivity contribution in [1.82, 2.24) is 0 Å². The summed E-state index contributed by atoms with van der Waals surface area (Å²) < 4.78 is 15.3. The van der Waals surface area contributed by atoms with E-state index in [0.29, 0.717) is 6.61 Å². The van der Waals surface area contributed by atoms with Gasteiger partial charge in [-0.3, -0.25) is 0 Å². The van der Waals surface area contributed by atoms with Crippen molar-refractivity contribution in [2.75, 3.05) is 26.5 Å². The van der Waals surface area contributed by atoms with Crippen molar-refractivity contribution in [3.8, 4) is 0 Å². The van der Waals surface area contributed by atoms with Crippen LogP contribution in [0, 0.1) is 0 Å². The molecular weight excluding hydrogens is 295 g/mol. The first kappa shape index (κ1) is 21.2. The predicted molar refractivity (Wildman–Crippen MR) is 84.9 cm³/mol. The van der Waals surface area contributed by atoms with Gasteiger partial charge in [-0.2, -0.15) is 0 Å². The Kier molecular flexibility index (Phi) is 15.2. The van der Waals surface area contributed by atoms with E-state index in [9.17, 15) is 5.11 Å². The van der Waals surface area contributed by atoms with Crippen molar-refractivity contribution in [2.24, 2.45) is 0 Å². The van der Waals surface area contributed by atoms with E-state index >= 15 is 0 Å². The molecular formula is C14H33O6P. The number of rotatable bonds is 16. The molecule has 7 heteroatoms. The van der Waals surface area contributed by atoms with Crippen LogP contribution in [0.15, 0.2) is 0 Å². The zero-order chi connectivity index (χ0) is 15.8. The molecule has 0 aliphatic carbocycles. The van der Waals surface area contributed by atoms with Crippen molar-refractivity contribution in [3.05, 3.63) is 0 Å². The molecule has 0 aromatic heterocycles. The summed E-state index contributed by atoms with van der Waals surface area (Å²) in [6.07, 6.45) is 10.4. The molecule has 6 nitrogen and oxygen atoms in total. The second-order valence-corrected chi connectivity index (χ2v) is 7.61. The van der Waals surface area contributed by atoms with E-state index < -0.39 is 27.9 Å². The van der Waals surface area contributed by atoms with Gasteiger partial charge in [0.05, 0.1) is 0 Å². The molecule has 130 valence electrons. The summed E-state index contributed by atoms with van der Waals surface area (Å²) in [4.78, 5) is 0. The van der Waals surface area contributed by atoms with Gasteiger partial charge < -0.3 is 0 Å². The summed E-state index contributed by atoms with van der Waals surface area (Å²) in [6.45, 7) is 1.44. The molecule has 0 bridgehead atoms. The van der Waals surface area contributed by atoms with Crippen molar-refractivity contribution >= 4 is 7.94 Å². The quantitative estimate of drug-likeness (QED) is 0.229. The molecule has 21 heavy (non-hydrogen) atoms. The van der Waals surface area contributed by atoms with E-state index in [0.717, 1.165) is 12.8 Å². The van der Waals surface area contributed by atoms with E-state index in [2.05, 4.69) is 6.92 Å². The molecule has 0 aromatic rings. The Morgan fingerprint density at radius 2 is 1.14 bits per heavy atom. The zero-order valence-corrected chi connectivity index (χ0v) is 14.3. The molecule has 0 spiro atoms. The SMILES string of the molecule is CCCCCCCCCCCO[PH](CO)(OCO)OCO. The Labute approximate surface area is 129 Å². The van der Waals surface area contributed by atoms with Crippen LogP contribution in [-0.2, 0) is 13.6 Å². The van der Waals surface area contributed by atoms with Gasteiger partial charge in [-0.1, -0.05) is 0 Å². The Morgan fingerprint density at radius 3 is 1.57 bits per heavy atom. The van der Waals surface area contributed by atoms with Gasteiger partial charge in [0.15, 0.2) is 0 Å². The monoisotopic (exact) mass is 328 g/mol. The Hall–Kier alpha value is 0.190. The fourth-order valence-corrected chi connectivity index (χ4v) is 3.47. The van der Waals surface area contributed by atoms with E-state index in [-0.39, 0.29) is 0 Å². The Bertz CT molecular complexity index is 212. The minimum absolute atomic E-state index is 0.405. The predicted octanol–water partition coefficient (Wildman–Crippen LogP) is 2.91. The minimum atomic E-state index is -3.30. The fourth-order valence-electron chi connectivity index (χ4n) is 2.10. The molecule has 0 aromatic carbocycles. The molecule has 0 aliphatic rings. The van der Waals surface area contributed by atoms with Gasteiger partial charge in [-0.25, -0.2) is 0 Å². The maximum absolute atomic E-state index is 9.25. The molecule has 0 rings (SSSR count). The molecule has 0 radical (unpaired) electrons. The number of aliphatic hydroxyl groups is 3. The summed E-state index contributed by atoms with van der Waals surface area (Å²) >= 11 is 0. The van der Waals surface area contributed by atoms with Crippen LogP contribution in [0.5, 0.6) is 0 Å². The third kappa shape index (κ3) is 11.4. The van der Waals surface area contributed by atoms with E-state index in [1.165, 1.54) is 44.9 Å². The Morgan fingerprint density at radius 1 is 0.667 bits per heavy atom. The average Bonchev–Trinajstić information content (AvgIpc) is 2.49. The van der Waals surface area contributed by atoms with Crippen molar-refractivity contribution in [3.63, 3.8) is 0 Å². The van der Waals surface area contributed by atoms with Gasteiger partial charge in [0.2, 0.25) is 0 Å². The van der Waals surface area contributed by atoms with E-state index in [4.69, 9.17) is 23.8 Å². The fraction of sp³-hybridized carbons (Fsp3) is 1.00. The van der Waals surface area contributed by atoms with Crippen LogP contribution in [0.3, 0.4) is 0 Å². The molecule has 0 fully saturated rings. The zero-order valence-electron chi connectivity index (χ0n) is 13.3. The molecule has 0 atom stereocenters. The average molecular weight is 328 g/mol. The van der Waals surface area contributed by atoms with Crippen LogP contribution in [0.4, 0.5) is 0 Å². The van der Waals surface area contributed by atoms with Crippen LogP contribution in [-0.4, -0.2) is 41.9 Å². The van der Waals surface area contributed by atoms with Crippen LogP contribution < -0.4 is 0 Å². The standard InChI is InChI=1S/C14H33O6P/c1-2-3-4-5-6-7-8-9-10-11-18-21(14-17,19-12-15)20-13-16/h15-17,21H,2-14H2,1H3. The number of unbranched alkanes of at least 4 members (excludes halogenated alkanes) is 8. The first-order chi connectivity index (χ1) is 10.2. The summed E-state index contributed by atoms with van der Waals surface area (Å²) in [7, 11) is -3.30. The van der Waals surface area contributed by atoms with Gasteiger partial charge in [0.1, 0.15) is 0 Å². The van der Waals surface area contributed by atoms with Crippen molar-refractivity contribution in [2.45, 2.75) is 64.7 Å². The topological polar surface area (TPSA) is 88.4 Å². The second kappa shape index (κ2) is 15.1. The van der Waals surface area contributed by atoms with Gasteiger partial charge in [-0.15, -0.1) is 0 Å². The molecule has 0 aliphatic heterocycles. The number of hydrogen-bond donors (Lipinski definition) is 3. The van der Waals surface area contributed by atoms with E-state index in [1.807, 2.05) is 0 Å². The van der Waals surface area contributed by atoms with Crippen LogP contribution in [0.25, 0.3) is 0 Å². The van der Waals surface area contributed by atoms with Crippen LogP contribution in [0.2, 0.25) is 0 Å². The molecule has 3 N–H and O–H groups in total. The van der Waals surface area contributed by atoms with Gasteiger partial charge in [0, 0.05) is 0 Å². The van der Waals surface area contributed by atoms with E-state index in [1.54, 1.807) is 0 Å². The van der Waals surface area contributed by atoms with Crippen molar-refractivity contribution < 1.29 is 28.9 Å². The first-order valence-electron chi connectivity index (χ1n) is 7.99. The normalized spacial score (nSPS) is 12.8. The van der Waals surface area contributed by atoms with Crippen LogP contribution >= 0.6 is 7.94 Å². The van der Waals surface area contributed by atoms with Crippen LogP contribution in [0.1, 0.15) is 64.7 Å². The first-order valence-corrected chi connectivity index (χ1v) is 9.92. The number of hydrogen-bond acceptors (Lipinski definition) is 6. The van der Waals surface area contributed by atoms with Gasteiger partial charge >= 0.3 is 128 Å². The summed E-state index contributed by atoms with van der Waals surface area (Å²) in [5.74, 6) is 0. The molecule has 0 saturated heterocycles. The van der Waals surface area contributed by atoms with Gasteiger partial charge in [0.25, 0.3) is 0 Å². The third-order valence-electron chi connectivity index (χ3n) is 3.33.